The van der Waals surface area contributed by atoms with Crippen LogP contribution in [0.2, 0.25) is 0 Å². The van der Waals surface area contributed by atoms with Crippen LogP contribution in [0, 0.1) is 38.7 Å². The Hall–Kier alpha value is -2.73. The van der Waals surface area contributed by atoms with Crippen molar-refractivity contribution in [2.75, 3.05) is 0 Å². The molecule has 19 heavy (non-hydrogen) atoms. The van der Waals surface area contributed by atoms with Gasteiger partial charge in [-0.2, -0.15) is 10.5 Å². The van der Waals surface area contributed by atoms with Gasteiger partial charge in [0.05, 0.1) is 17.1 Å². The molecule has 96 valence electrons. The highest BCUT2D eigenvalue weighted by molar-refractivity contribution is 5.76. The molecular weight excluding hydrogens is 246 g/mol. The van der Waals surface area contributed by atoms with Crippen LogP contribution in [0.3, 0.4) is 0 Å². The van der Waals surface area contributed by atoms with Gasteiger partial charge in [-0.15, -0.1) is 0 Å². The summed E-state index contributed by atoms with van der Waals surface area (Å²) in [4.78, 5) is 21.2. The summed E-state index contributed by atoms with van der Waals surface area (Å²) in [5.74, 6) is -1.66. The van der Waals surface area contributed by atoms with Gasteiger partial charge in [0, 0.05) is 24.5 Å². The van der Waals surface area contributed by atoms with E-state index in [0.29, 0.717) is 5.56 Å². The van der Waals surface area contributed by atoms with Crippen molar-refractivity contribution in [2.24, 2.45) is 5.92 Å². The first-order valence-electron chi connectivity index (χ1n) is 5.52. The molecule has 0 heterocycles. The molecule has 0 aliphatic rings. The molecule has 1 aromatic rings. The van der Waals surface area contributed by atoms with Gasteiger partial charge < -0.3 is 4.79 Å². The standard InChI is InChI=1S/C13H11N3O3/c1-9(17)6-13(11(7-14)8-15)10-2-4-12(5-3-10)16(18)19/h2-5,11,13H,6H2,1H3. The Morgan fingerprint density at radius 1 is 1.32 bits per heavy atom. The lowest BCUT2D eigenvalue weighted by Gasteiger charge is -2.16. The number of hydrogen-bond donors (Lipinski definition) is 0. The number of rotatable bonds is 5. The Morgan fingerprint density at radius 2 is 1.84 bits per heavy atom. The fourth-order valence-electron chi connectivity index (χ4n) is 1.79. The molecule has 6 heteroatoms. The highest BCUT2D eigenvalue weighted by Crippen LogP contribution is 2.29. The van der Waals surface area contributed by atoms with Crippen molar-refractivity contribution < 1.29 is 9.72 Å². The van der Waals surface area contributed by atoms with Crippen LogP contribution < -0.4 is 0 Å². The maximum atomic E-state index is 11.2. The molecule has 0 spiro atoms. The summed E-state index contributed by atoms with van der Waals surface area (Å²) in [7, 11) is 0. The van der Waals surface area contributed by atoms with Crippen molar-refractivity contribution in [3.05, 3.63) is 39.9 Å². The summed E-state index contributed by atoms with van der Waals surface area (Å²) in [6.45, 7) is 1.38. The van der Waals surface area contributed by atoms with Gasteiger partial charge in [0.25, 0.3) is 5.69 Å². The number of nitro benzene ring substituents is 1. The van der Waals surface area contributed by atoms with Gasteiger partial charge in [-0.05, 0) is 12.5 Å². The van der Waals surface area contributed by atoms with Gasteiger partial charge in [-0.25, -0.2) is 0 Å². The molecule has 0 N–H and O–H groups in total. The third kappa shape index (κ3) is 3.62. The number of nitrogens with zero attached hydrogens (tertiary/aromatic N) is 3. The fourth-order valence-corrected chi connectivity index (χ4v) is 1.79. The minimum atomic E-state index is -0.953. The lowest BCUT2D eigenvalue weighted by atomic mass is 9.84. The first kappa shape index (κ1) is 14.3. The number of non-ortho nitro benzene ring substituents is 1. The number of ketones is 1. The van der Waals surface area contributed by atoms with Crippen LogP contribution in [0.25, 0.3) is 0 Å². The van der Waals surface area contributed by atoms with Crippen molar-refractivity contribution in [3.63, 3.8) is 0 Å². The van der Waals surface area contributed by atoms with E-state index in [4.69, 9.17) is 10.5 Å². The molecule has 0 radical (unpaired) electrons. The molecule has 1 aromatic carbocycles. The second kappa shape index (κ2) is 6.27. The number of carbonyl (C=O) groups is 1. The van der Waals surface area contributed by atoms with Gasteiger partial charge in [0.2, 0.25) is 0 Å². The van der Waals surface area contributed by atoms with Crippen LogP contribution in [0.15, 0.2) is 24.3 Å². The Bertz CT molecular complexity index is 552. The Morgan fingerprint density at radius 3 is 2.21 bits per heavy atom. The first-order chi connectivity index (χ1) is 8.99. The summed E-state index contributed by atoms with van der Waals surface area (Å²) in [5, 5.41) is 28.4. The zero-order chi connectivity index (χ0) is 14.4. The molecule has 1 atom stereocenters. The van der Waals surface area contributed by atoms with Gasteiger partial charge in [0.1, 0.15) is 11.7 Å². The molecule has 0 amide bonds. The SMILES string of the molecule is CC(=O)CC(c1ccc([N+](=O)[O-])cc1)C(C#N)C#N. The van der Waals surface area contributed by atoms with Gasteiger partial charge in [-0.3, -0.25) is 10.1 Å². The van der Waals surface area contributed by atoms with Crippen LogP contribution in [0.5, 0.6) is 0 Å². The van der Waals surface area contributed by atoms with Gasteiger partial charge >= 0.3 is 0 Å². The summed E-state index contributed by atoms with van der Waals surface area (Å²) < 4.78 is 0. The molecule has 0 aliphatic heterocycles. The molecule has 1 rings (SSSR count). The number of nitriles is 2. The minimum Gasteiger partial charge on any atom is -0.300 e. The zero-order valence-electron chi connectivity index (χ0n) is 10.2. The number of Topliss-reactive ketones (excluding diaryl/α,β-unsaturated/α-hetero) is 1. The fraction of sp³-hybridized carbons (Fsp3) is 0.308. The molecule has 0 fully saturated rings. The monoisotopic (exact) mass is 257 g/mol. The third-order valence-corrected chi connectivity index (χ3v) is 2.72. The largest absolute Gasteiger partial charge is 0.300 e. The first-order valence-corrected chi connectivity index (χ1v) is 5.52. The Kier molecular flexibility index (Phi) is 4.73. The maximum absolute atomic E-state index is 11.2. The smallest absolute Gasteiger partial charge is 0.269 e. The molecule has 0 bridgehead atoms. The Balaban J connectivity index is 3.11. The Labute approximate surface area is 110 Å². The molecule has 1 unspecified atom stereocenters. The quantitative estimate of drug-likeness (QED) is 0.594. The van der Waals surface area contributed by atoms with E-state index in [2.05, 4.69) is 0 Å². The van der Waals surface area contributed by atoms with E-state index in [1.165, 1.54) is 31.2 Å². The van der Waals surface area contributed by atoms with Crippen molar-refractivity contribution in [3.8, 4) is 12.1 Å². The molecule has 0 saturated heterocycles. The summed E-state index contributed by atoms with van der Waals surface area (Å²) in [6.07, 6.45) is 0.0591. The summed E-state index contributed by atoms with van der Waals surface area (Å²) in [6, 6.07) is 9.25. The molecule has 0 saturated carbocycles. The van der Waals surface area contributed by atoms with Crippen LogP contribution >= 0.6 is 0 Å². The van der Waals surface area contributed by atoms with Crippen molar-refractivity contribution in [1.29, 1.82) is 10.5 Å². The molecule has 0 aliphatic carbocycles. The van der Waals surface area contributed by atoms with E-state index in [9.17, 15) is 14.9 Å². The number of benzene rings is 1. The lowest BCUT2D eigenvalue weighted by molar-refractivity contribution is -0.384. The summed E-state index contributed by atoms with van der Waals surface area (Å²) >= 11 is 0. The van der Waals surface area contributed by atoms with E-state index < -0.39 is 16.8 Å². The number of nitro groups is 1. The van der Waals surface area contributed by atoms with Crippen LogP contribution in [-0.2, 0) is 4.79 Å². The third-order valence-electron chi connectivity index (χ3n) is 2.72. The van der Waals surface area contributed by atoms with Crippen LogP contribution in [0.4, 0.5) is 5.69 Å². The van der Waals surface area contributed by atoms with Crippen molar-refractivity contribution in [2.45, 2.75) is 19.3 Å². The van der Waals surface area contributed by atoms with E-state index in [1.54, 1.807) is 0 Å². The average molecular weight is 257 g/mol. The predicted octanol–water partition coefficient (Wildman–Crippen LogP) is 2.32. The van der Waals surface area contributed by atoms with E-state index in [0.717, 1.165) is 0 Å². The second-order valence-electron chi connectivity index (χ2n) is 4.10. The topological polar surface area (TPSA) is 108 Å². The van der Waals surface area contributed by atoms with Crippen LogP contribution in [-0.4, -0.2) is 10.7 Å². The van der Waals surface area contributed by atoms with Crippen molar-refractivity contribution in [1.82, 2.24) is 0 Å². The molecule has 6 nitrogen and oxygen atoms in total. The highest BCUT2D eigenvalue weighted by atomic mass is 16.6. The lowest BCUT2D eigenvalue weighted by Crippen LogP contribution is -2.13. The van der Waals surface area contributed by atoms with Gasteiger partial charge in [0.15, 0.2) is 0 Å². The van der Waals surface area contributed by atoms with E-state index in [1.807, 2.05) is 12.1 Å². The predicted molar refractivity (Wildman–Crippen MR) is 65.9 cm³/mol. The zero-order valence-corrected chi connectivity index (χ0v) is 10.2. The van der Waals surface area contributed by atoms with Crippen molar-refractivity contribution >= 4 is 11.5 Å². The van der Waals surface area contributed by atoms with Gasteiger partial charge in [-0.1, -0.05) is 12.1 Å². The minimum absolute atomic E-state index is 0.0591. The summed E-state index contributed by atoms with van der Waals surface area (Å²) in [5.41, 5.74) is 0.504. The van der Waals surface area contributed by atoms with E-state index in [-0.39, 0.29) is 17.9 Å². The molecular formula is C13H11N3O3. The van der Waals surface area contributed by atoms with Crippen LogP contribution in [0.1, 0.15) is 24.8 Å². The van der Waals surface area contributed by atoms with E-state index >= 15 is 0 Å². The number of hydrogen-bond acceptors (Lipinski definition) is 5. The maximum Gasteiger partial charge on any atom is 0.269 e. The normalized spacial score (nSPS) is 11.4. The number of carbonyl (C=O) groups excluding carboxylic acids is 1. The average Bonchev–Trinajstić information content (AvgIpc) is 2.38. The second-order valence-corrected chi connectivity index (χ2v) is 4.10. The molecule has 0 aromatic heterocycles. The highest BCUT2D eigenvalue weighted by Gasteiger charge is 2.25.